The number of rotatable bonds is 9. The van der Waals surface area contributed by atoms with Gasteiger partial charge in [0.25, 0.3) is 5.91 Å². The van der Waals surface area contributed by atoms with E-state index >= 15 is 0 Å². The van der Waals surface area contributed by atoms with E-state index in [9.17, 15) is 27.6 Å². The predicted octanol–water partition coefficient (Wildman–Crippen LogP) is 4.17. The van der Waals surface area contributed by atoms with E-state index in [1.807, 2.05) is 0 Å². The summed E-state index contributed by atoms with van der Waals surface area (Å²) in [7, 11) is 0. The molecule has 38 heavy (non-hydrogen) atoms. The molecular weight excluding hydrogens is 525 g/mol. The van der Waals surface area contributed by atoms with Crippen LogP contribution in [0, 0.1) is 5.92 Å². The fourth-order valence-electron chi connectivity index (χ4n) is 4.45. The largest absolute Gasteiger partial charge is 0.573 e. The summed E-state index contributed by atoms with van der Waals surface area (Å²) in [5, 5.41) is 14.1. The van der Waals surface area contributed by atoms with Gasteiger partial charge in [-0.3, -0.25) is 14.4 Å². The molecule has 4 rings (SSSR count). The third kappa shape index (κ3) is 7.56. The molecular formula is C26H27F3N2O6S. The van der Waals surface area contributed by atoms with Gasteiger partial charge in [0.2, 0.25) is 5.91 Å². The number of halogens is 3. The quantitative estimate of drug-likeness (QED) is 0.400. The third-order valence-electron chi connectivity index (χ3n) is 6.38. The number of amides is 2. The van der Waals surface area contributed by atoms with Crippen LogP contribution in [0.1, 0.15) is 41.6 Å². The molecule has 8 nitrogen and oxygen atoms in total. The van der Waals surface area contributed by atoms with Crippen LogP contribution in [-0.2, 0) is 16.0 Å². The smallest absolute Gasteiger partial charge is 0.490 e. The van der Waals surface area contributed by atoms with E-state index in [-0.39, 0.29) is 49.1 Å². The van der Waals surface area contributed by atoms with Gasteiger partial charge in [-0.15, -0.1) is 24.9 Å². The molecule has 1 saturated carbocycles. The number of carbonyl (C=O) groups excluding carboxylic acids is 2. The highest BCUT2D eigenvalue weighted by molar-refractivity contribution is 8.01. The average molecular weight is 553 g/mol. The zero-order chi connectivity index (χ0) is 27.3. The minimum Gasteiger partial charge on any atom is -0.490 e. The first-order valence-corrected chi connectivity index (χ1v) is 13.1. The lowest BCUT2D eigenvalue weighted by Crippen LogP contribution is -2.38. The van der Waals surface area contributed by atoms with Crippen LogP contribution in [0.4, 0.5) is 13.2 Å². The number of hydrogen-bond donors (Lipinski definition) is 3. The fourth-order valence-corrected chi connectivity index (χ4v) is 5.65. The Hall–Kier alpha value is -3.41. The van der Waals surface area contributed by atoms with Gasteiger partial charge in [-0.1, -0.05) is 0 Å². The number of aliphatic carboxylic acids is 1. The van der Waals surface area contributed by atoms with Crippen LogP contribution < -0.4 is 20.1 Å². The van der Waals surface area contributed by atoms with E-state index in [2.05, 4.69) is 15.4 Å². The standard InChI is InChI=1S/C26H27F3N2O6S/c27-26(28,29)37-20-9-10-21-17(13-20)14-22(38-21)24(33)31-12-11-30-23(32)15-1-5-18(6-2-15)36-19-7-3-16(4-8-19)25(34)35/h1-2,5-6,9-10,13,16,19,22H,3-4,7-8,11-12,14H2,(H,30,32)(H,31,33)(H,34,35)/t16-,19+,22?. The van der Waals surface area contributed by atoms with Crippen molar-refractivity contribution in [2.24, 2.45) is 5.92 Å². The molecule has 1 fully saturated rings. The Morgan fingerprint density at radius 1 is 0.947 bits per heavy atom. The highest BCUT2D eigenvalue weighted by Gasteiger charge is 2.33. The van der Waals surface area contributed by atoms with Crippen molar-refractivity contribution in [3.8, 4) is 11.5 Å². The first kappa shape index (κ1) is 27.6. The highest BCUT2D eigenvalue weighted by Crippen LogP contribution is 2.39. The number of carboxylic acids is 1. The molecule has 204 valence electrons. The summed E-state index contributed by atoms with van der Waals surface area (Å²) in [6.07, 6.45) is -2.03. The molecule has 1 heterocycles. The van der Waals surface area contributed by atoms with Gasteiger partial charge in [0.15, 0.2) is 0 Å². The van der Waals surface area contributed by atoms with Crippen molar-refractivity contribution in [3.05, 3.63) is 53.6 Å². The SMILES string of the molecule is O=C(NCCNC(=O)C1Cc2cc(OC(F)(F)F)ccc2S1)c1ccc(O[C@H]2CC[C@@H](C(=O)O)CC2)cc1. The molecule has 0 aromatic heterocycles. The number of carboxylic acid groups (broad SMARTS) is 1. The summed E-state index contributed by atoms with van der Waals surface area (Å²) in [4.78, 5) is 36.7. The van der Waals surface area contributed by atoms with Crippen molar-refractivity contribution in [1.29, 1.82) is 0 Å². The van der Waals surface area contributed by atoms with Crippen LogP contribution in [0.3, 0.4) is 0 Å². The summed E-state index contributed by atoms with van der Waals surface area (Å²) in [5.41, 5.74) is 1.04. The van der Waals surface area contributed by atoms with Gasteiger partial charge in [0.1, 0.15) is 11.5 Å². The number of alkyl halides is 3. The minimum atomic E-state index is -4.78. The molecule has 2 aromatic rings. The minimum absolute atomic E-state index is 0.0463. The Balaban J connectivity index is 1.16. The number of benzene rings is 2. The van der Waals surface area contributed by atoms with Crippen molar-refractivity contribution in [1.82, 2.24) is 10.6 Å². The molecule has 0 saturated heterocycles. The van der Waals surface area contributed by atoms with Gasteiger partial charge in [0, 0.05) is 23.5 Å². The van der Waals surface area contributed by atoms with Crippen LogP contribution in [-0.4, -0.2) is 53.7 Å². The van der Waals surface area contributed by atoms with Gasteiger partial charge in [-0.25, -0.2) is 0 Å². The topological polar surface area (TPSA) is 114 Å². The number of nitrogens with one attached hydrogen (secondary N) is 2. The summed E-state index contributed by atoms with van der Waals surface area (Å²) in [6.45, 7) is 0.393. The molecule has 0 radical (unpaired) electrons. The lowest BCUT2D eigenvalue weighted by Gasteiger charge is -2.26. The van der Waals surface area contributed by atoms with Crippen molar-refractivity contribution >= 4 is 29.5 Å². The first-order valence-electron chi connectivity index (χ1n) is 12.2. The van der Waals surface area contributed by atoms with Crippen molar-refractivity contribution in [2.45, 2.75) is 54.7 Å². The van der Waals surface area contributed by atoms with Crippen LogP contribution in [0.5, 0.6) is 11.5 Å². The van der Waals surface area contributed by atoms with Crippen LogP contribution in [0.2, 0.25) is 0 Å². The van der Waals surface area contributed by atoms with Gasteiger partial charge < -0.3 is 25.2 Å². The van der Waals surface area contributed by atoms with Crippen LogP contribution in [0.15, 0.2) is 47.4 Å². The number of ether oxygens (including phenoxy) is 2. The summed E-state index contributed by atoms with van der Waals surface area (Å²) < 4.78 is 47.1. The lowest BCUT2D eigenvalue weighted by molar-refractivity contribution is -0.274. The third-order valence-corrected chi connectivity index (χ3v) is 7.70. The Morgan fingerprint density at radius 2 is 1.61 bits per heavy atom. The summed E-state index contributed by atoms with van der Waals surface area (Å²) >= 11 is 1.27. The highest BCUT2D eigenvalue weighted by atomic mass is 32.2. The fraction of sp³-hybridized carbons (Fsp3) is 0.423. The van der Waals surface area contributed by atoms with Gasteiger partial charge in [-0.05, 0) is 80.1 Å². The maximum atomic E-state index is 12.5. The monoisotopic (exact) mass is 552 g/mol. The predicted molar refractivity (Wildman–Crippen MR) is 132 cm³/mol. The molecule has 1 atom stereocenters. The molecule has 12 heteroatoms. The van der Waals surface area contributed by atoms with Crippen molar-refractivity contribution in [3.63, 3.8) is 0 Å². The van der Waals surface area contributed by atoms with Crippen molar-refractivity contribution in [2.75, 3.05) is 13.1 Å². The Bertz CT molecular complexity index is 1170. The number of fused-ring (bicyclic) bond motifs is 1. The molecule has 3 N–H and O–H groups in total. The summed E-state index contributed by atoms with van der Waals surface area (Å²) in [5.74, 6) is -1.36. The number of carbonyl (C=O) groups is 3. The molecule has 2 aliphatic rings. The van der Waals surface area contributed by atoms with E-state index in [1.54, 1.807) is 24.3 Å². The zero-order valence-electron chi connectivity index (χ0n) is 20.3. The van der Waals surface area contributed by atoms with Crippen LogP contribution in [0.25, 0.3) is 0 Å². The van der Waals surface area contributed by atoms with Gasteiger partial charge >= 0.3 is 12.3 Å². The van der Waals surface area contributed by atoms with E-state index in [0.29, 0.717) is 42.6 Å². The Labute approximate surface area is 221 Å². The van der Waals surface area contributed by atoms with E-state index in [0.717, 1.165) is 4.90 Å². The average Bonchev–Trinajstić information content (AvgIpc) is 3.30. The molecule has 2 aromatic carbocycles. The van der Waals surface area contributed by atoms with Crippen molar-refractivity contribution < 1.29 is 42.1 Å². The zero-order valence-corrected chi connectivity index (χ0v) is 21.1. The second-order valence-corrected chi connectivity index (χ2v) is 10.4. The number of thioether (sulfide) groups is 1. The first-order chi connectivity index (χ1) is 18.1. The molecule has 0 spiro atoms. The molecule has 1 unspecified atom stereocenters. The van der Waals surface area contributed by atoms with Crippen LogP contribution >= 0.6 is 11.8 Å². The molecule has 1 aliphatic carbocycles. The molecule has 0 bridgehead atoms. The lowest BCUT2D eigenvalue weighted by atomic mass is 9.87. The van der Waals surface area contributed by atoms with E-state index < -0.39 is 17.6 Å². The van der Waals surface area contributed by atoms with E-state index in [4.69, 9.17) is 9.84 Å². The summed E-state index contributed by atoms with van der Waals surface area (Å²) in [6, 6.07) is 10.7. The maximum absolute atomic E-state index is 12.5. The second-order valence-electron chi connectivity index (χ2n) is 9.13. The van der Waals surface area contributed by atoms with Gasteiger partial charge in [0.05, 0.1) is 17.3 Å². The number of hydrogen-bond acceptors (Lipinski definition) is 6. The van der Waals surface area contributed by atoms with Gasteiger partial charge in [-0.2, -0.15) is 0 Å². The normalized spacial score (nSPS) is 20.8. The second kappa shape index (κ2) is 12.0. The maximum Gasteiger partial charge on any atom is 0.573 e. The molecule has 1 aliphatic heterocycles. The molecule has 2 amide bonds. The van der Waals surface area contributed by atoms with E-state index in [1.165, 1.54) is 30.0 Å². The Kier molecular flexibility index (Phi) is 8.70. The Morgan fingerprint density at radius 3 is 2.26 bits per heavy atom.